The van der Waals surface area contributed by atoms with Crippen molar-refractivity contribution in [2.24, 2.45) is 0 Å². The quantitative estimate of drug-likeness (QED) is 0.504. The van der Waals surface area contributed by atoms with E-state index in [1.54, 1.807) is 66.3 Å². The number of thioether (sulfide) groups is 1. The number of ether oxygens (including phenoxy) is 1. The number of anilines is 1. The van der Waals surface area contributed by atoms with E-state index in [-0.39, 0.29) is 22.3 Å². The molecular formula is C20H22N4O4S2. The maximum atomic E-state index is 12.6. The van der Waals surface area contributed by atoms with Crippen LogP contribution >= 0.6 is 11.8 Å². The lowest BCUT2D eigenvalue weighted by molar-refractivity contribution is -0.113. The molecule has 30 heavy (non-hydrogen) atoms. The second-order valence-electron chi connectivity index (χ2n) is 6.28. The maximum absolute atomic E-state index is 12.6. The molecule has 0 unspecified atom stereocenters. The van der Waals surface area contributed by atoms with Gasteiger partial charge in [0.2, 0.25) is 5.91 Å². The zero-order chi connectivity index (χ0) is 21.6. The van der Waals surface area contributed by atoms with Crippen molar-refractivity contribution in [3.05, 3.63) is 60.4 Å². The summed E-state index contributed by atoms with van der Waals surface area (Å²) in [7, 11) is -1.96. The maximum Gasteiger partial charge on any atom is 0.234 e. The molecule has 2 aromatic carbocycles. The van der Waals surface area contributed by atoms with E-state index in [4.69, 9.17) is 4.74 Å². The van der Waals surface area contributed by atoms with E-state index in [0.717, 1.165) is 0 Å². The molecule has 0 fully saturated rings. The first-order valence-electron chi connectivity index (χ1n) is 9.19. The van der Waals surface area contributed by atoms with Gasteiger partial charge in [0.15, 0.2) is 15.0 Å². The summed E-state index contributed by atoms with van der Waals surface area (Å²) < 4.78 is 32.1. The minimum Gasteiger partial charge on any atom is -0.497 e. The summed E-state index contributed by atoms with van der Waals surface area (Å²) in [5.41, 5.74) is 0.660. The molecule has 0 bridgehead atoms. The Bertz CT molecular complexity index is 1100. The standard InChI is InChI=1S/C20H22N4O4S2/c1-3-24-18(14-30(26,27)17-7-5-4-6-8-17)22-23-20(24)29-13-19(25)21-15-9-11-16(28-2)12-10-15/h4-12H,3,13-14H2,1-2H3,(H,21,25). The van der Waals surface area contributed by atoms with Crippen LogP contribution in [0.3, 0.4) is 0 Å². The van der Waals surface area contributed by atoms with Crippen LogP contribution in [0, 0.1) is 0 Å². The van der Waals surface area contributed by atoms with Gasteiger partial charge in [0, 0.05) is 12.2 Å². The number of aromatic nitrogens is 3. The summed E-state index contributed by atoms with van der Waals surface area (Å²) in [6.45, 7) is 2.37. The first kappa shape index (κ1) is 21.8. The van der Waals surface area contributed by atoms with Crippen molar-refractivity contribution in [1.29, 1.82) is 0 Å². The first-order valence-corrected chi connectivity index (χ1v) is 11.8. The summed E-state index contributed by atoms with van der Waals surface area (Å²) in [5.74, 6) is 0.719. The molecule has 0 saturated carbocycles. The molecule has 0 aliphatic heterocycles. The highest BCUT2D eigenvalue weighted by Crippen LogP contribution is 2.21. The van der Waals surface area contributed by atoms with Gasteiger partial charge in [-0.05, 0) is 43.3 Å². The van der Waals surface area contributed by atoms with Gasteiger partial charge in [-0.3, -0.25) is 4.79 Å². The van der Waals surface area contributed by atoms with E-state index < -0.39 is 9.84 Å². The van der Waals surface area contributed by atoms with E-state index in [9.17, 15) is 13.2 Å². The number of methoxy groups -OCH3 is 1. The molecule has 0 aliphatic carbocycles. The van der Waals surface area contributed by atoms with Gasteiger partial charge in [-0.15, -0.1) is 10.2 Å². The van der Waals surface area contributed by atoms with Crippen LogP contribution in [0.1, 0.15) is 12.7 Å². The van der Waals surface area contributed by atoms with Crippen molar-refractivity contribution in [2.45, 2.75) is 29.3 Å². The smallest absolute Gasteiger partial charge is 0.234 e. The van der Waals surface area contributed by atoms with E-state index in [1.165, 1.54) is 11.8 Å². The first-order chi connectivity index (χ1) is 14.4. The predicted octanol–water partition coefficient (Wildman–Crippen LogP) is 3.01. The van der Waals surface area contributed by atoms with Crippen molar-refractivity contribution in [3.8, 4) is 5.75 Å². The van der Waals surface area contributed by atoms with Crippen molar-refractivity contribution in [1.82, 2.24) is 14.8 Å². The highest BCUT2D eigenvalue weighted by atomic mass is 32.2. The molecule has 3 aromatic rings. The van der Waals surface area contributed by atoms with Crippen LogP contribution < -0.4 is 10.1 Å². The lowest BCUT2D eigenvalue weighted by Gasteiger charge is -2.09. The second kappa shape index (κ2) is 9.77. The van der Waals surface area contributed by atoms with Crippen molar-refractivity contribution in [3.63, 3.8) is 0 Å². The number of carbonyl (C=O) groups is 1. The minimum atomic E-state index is -3.53. The molecule has 3 rings (SSSR count). The molecule has 1 heterocycles. The molecular weight excluding hydrogens is 424 g/mol. The largest absolute Gasteiger partial charge is 0.497 e. The summed E-state index contributed by atoms with van der Waals surface area (Å²) >= 11 is 1.21. The van der Waals surface area contributed by atoms with Crippen molar-refractivity contribution < 1.29 is 17.9 Å². The molecule has 0 aliphatic rings. The van der Waals surface area contributed by atoms with Crippen LogP contribution in [0.15, 0.2) is 64.6 Å². The van der Waals surface area contributed by atoms with Crippen molar-refractivity contribution in [2.75, 3.05) is 18.2 Å². The van der Waals surface area contributed by atoms with Crippen molar-refractivity contribution >= 4 is 33.2 Å². The van der Waals surface area contributed by atoms with Gasteiger partial charge in [-0.25, -0.2) is 8.42 Å². The zero-order valence-electron chi connectivity index (χ0n) is 16.6. The number of benzene rings is 2. The van der Waals surface area contributed by atoms with Crippen LogP contribution in [-0.2, 0) is 26.9 Å². The molecule has 8 nitrogen and oxygen atoms in total. The van der Waals surface area contributed by atoms with Gasteiger partial charge in [0.05, 0.1) is 17.8 Å². The molecule has 1 aromatic heterocycles. The molecule has 10 heteroatoms. The van der Waals surface area contributed by atoms with Crippen LogP contribution in [0.4, 0.5) is 5.69 Å². The van der Waals surface area contributed by atoms with Gasteiger partial charge in [0.25, 0.3) is 0 Å². The van der Waals surface area contributed by atoms with Gasteiger partial charge in [-0.2, -0.15) is 0 Å². The molecule has 1 N–H and O–H groups in total. The average Bonchev–Trinajstić information content (AvgIpc) is 3.14. The third kappa shape index (κ3) is 5.39. The normalized spacial score (nSPS) is 11.3. The number of nitrogens with one attached hydrogen (secondary N) is 1. The van der Waals surface area contributed by atoms with Gasteiger partial charge >= 0.3 is 0 Å². The highest BCUT2D eigenvalue weighted by molar-refractivity contribution is 7.99. The van der Waals surface area contributed by atoms with Crippen LogP contribution in [0.5, 0.6) is 5.75 Å². The molecule has 0 atom stereocenters. The predicted molar refractivity (Wildman–Crippen MR) is 115 cm³/mol. The number of rotatable bonds is 9. The summed E-state index contributed by atoms with van der Waals surface area (Å²) in [6.07, 6.45) is 0. The number of nitrogens with zero attached hydrogens (tertiary/aromatic N) is 3. The third-order valence-corrected chi connectivity index (χ3v) is 6.83. The number of hydrogen-bond acceptors (Lipinski definition) is 7. The van der Waals surface area contributed by atoms with Gasteiger partial charge in [-0.1, -0.05) is 30.0 Å². The third-order valence-electron chi connectivity index (χ3n) is 4.24. The Labute approximate surface area is 179 Å². The number of sulfone groups is 1. The minimum absolute atomic E-state index is 0.121. The van der Waals surface area contributed by atoms with E-state index in [0.29, 0.717) is 29.0 Å². The lowest BCUT2D eigenvalue weighted by Crippen LogP contribution is -2.15. The van der Waals surface area contributed by atoms with Crippen LogP contribution in [0.25, 0.3) is 0 Å². The second-order valence-corrected chi connectivity index (χ2v) is 9.21. The zero-order valence-corrected chi connectivity index (χ0v) is 18.2. The monoisotopic (exact) mass is 446 g/mol. The lowest BCUT2D eigenvalue weighted by atomic mass is 10.3. The molecule has 1 amide bonds. The number of amides is 1. The van der Waals surface area contributed by atoms with Gasteiger partial charge in [0.1, 0.15) is 17.3 Å². The number of carbonyl (C=O) groups excluding carboxylic acids is 1. The summed E-state index contributed by atoms with van der Waals surface area (Å²) in [4.78, 5) is 12.5. The highest BCUT2D eigenvalue weighted by Gasteiger charge is 2.21. The molecule has 0 saturated heterocycles. The number of hydrogen-bond donors (Lipinski definition) is 1. The Morgan fingerprint density at radius 3 is 2.43 bits per heavy atom. The van der Waals surface area contributed by atoms with E-state index in [2.05, 4.69) is 15.5 Å². The fraction of sp³-hybridized carbons (Fsp3) is 0.250. The summed E-state index contributed by atoms with van der Waals surface area (Å²) in [5, 5.41) is 11.4. The van der Waals surface area contributed by atoms with Gasteiger partial charge < -0.3 is 14.6 Å². The topological polar surface area (TPSA) is 103 Å². The fourth-order valence-corrected chi connectivity index (χ4v) is 4.85. The Morgan fingerprint density at radius 2 is 1.80 bits per heavy atom. The van der Waals surface area contributed by atoms with E-state index in [1.807, 2.05) is 6.92 Å². The SMILES string of the molecule is CCn1c(CS(=O)(=O)c2ccccc2)nnc1SCC(=O)Nc1ccc(OC)cc1. The average molecular weight is 447 g/mol. The Kier molecular flexibility index (Phi) is 7.11. The van der Waals surface area contributed by atoms with Crippen LogP contribution in [-0.4, -0.2) is 42.0 Å². The Morgan fingerprint density at radius 1 is 1.10 bits per heavy atom. The fourth-order valence-electron chi connectivity index (χ4n) is 2.73. The molecule has 0 radical (unpaired) electrons. The van der Waals surface area contributed by atoms with Crippen LogP contribution in [0.2, 0.25) is 0 Å². The molecule has 0 spiro atoms. The Balaban J connectivity index is 1.64. The molecule has 158 valence electrons. The Hall–Kier alpha value is -2.85. The van der Waals surface area contributed by atoms with E-state index >= 15 is 0 Å². The summed E-state index contributed by atoms with van der Waals surface area (Å²) in [6, 6.07) is 15.3.